The van der Waals surface area contributed by atoms with Gasteiger partial charge in [-0.2, -0.15) is 0 Å². The number of fused-ring (bicyclic) bond motifs is 4. The molecule has 3 saturated heterocycles. The van der Waals surface area contributed by atoms with Crippen molar-refractivity contribution in [3.8, 4) is 5.75 Å². The summed E-state index contributed by atoms with van der Waals surface area (Å²) in [5, 5.41) is 0. The number of rotatable bonds is 3. The Bertz CT molecular complexity index is 675. The number of nitrogens with zero attached hydrogens (tertiary/aromatic N) is 2. The highest BCUT2D eigenvalue weighted by molar-refractivity contribution is 5.79. The molecule has 0 radical (unpaired) electrons. The standard InChI is InChI=1S/C20H26N2O3/c1-14-4-2-5-17(8-14)25-13-20(24)21-10-15-9-16(12-21)18-6-3-7-19(23)22(18)11-15/h2,4-5,8,15-16,18H,3,6-7,9-13H2,1H3/t15-,16-,18-/m1/s1. The van der Waals surface area contributed by atoms with Gasteiger partial charge in [0, 0.05) is 32.1 Å². The van der Waals surface area contributed by atoms with Crippen LogP contribution >= 0.6 is 0 Å². The first-order chi connectivity index (χ1) is 12.1. The maximum absolute atomic E-state index is 12.6. The van der Waals surface area contributed by atoms with Gasteiger partial charge in [0.05, 0.1) is 0 Å². The van der Waals surface area contributed by atoms with Gasteiger partial charge in [-0.25, -0.2) is 0 Å². The van der Waals surface area contributed by atoms with Gasteiger partial charge in [0.1, 0.15) is 5.75 Å². The summed E-state index contributed by atoms with van der Waals surface area (Å²) >= 11 is 0. The second-order valence-corrected chi connectivity index (χ2v) is 7.77. The van der Waals surface area contributed by atoms with Crippen LogP contribution in [0.1, 0.15) is 31.2 Å². The molecule has 3 atom stereocenters. The number of hydrogen-bond acceptors (Lipinski definition) is 3. The van der Waals surface area contributed by atoms with Gasteiger partial charge in [0.15, 0.2) is 6.61 Å². The monoisotopic (exact) mass is 342 g/mol. The van der Waals surface area contributed by atoms with E-state index < -0.39 is 0 Å². The van der Waals surface area contributed by atoms with Crippen molar-refractivity contribution < 1.29 is 14.3 Å². The van der Waals surface area contributed by atoms with E-state index in [2.05, 4.69) is 4.90 Å². The number of benzene rings is 1. The Balaban J connectivity index is 1.38. The van der Waals surface area contributed by atoms with E-state index in [0.717, 1.165) is 50.2 Å². The molecule has 3 aliphatic rings. The Kier molecular flexibility index (Phi) is 4.40. The molecule has 0 N–H and O–H groups in total. The summed E-state index contributed by atoms with van der Waals surface area (Å²) in [6.07, 6.45) is 3.93. The minimum atomic E-state index is 0.0618. The number of carbonyl (C=O) groups excluding carboxylic acids is 2. The molecule has 3 aliphatic heterocycles. The zero-order valence-electron chi connectivity index (χ0n) is 14.8. The highest BCUT2D eigenvalue weighted by Gasteiger charge is 2.44. The Morgan fingerprint density at radius 2 is 2.16 bits per heavy atom. The first-order valence-electron chi connectivity index (χ1n) is 9.37. The van der Waals surface area contributed by atoms with E-state index >= 15 is 0 Å². The van der Waals surface area contributed by atoms with Crippen molar-refractivity contribution in [1.82, 2.24) is 9.80 Å². The molecule has 2 amide bonds. The number of aryl methyl sites for hydroxylation is 1. The molecule has 0 aromatic heterocycles. The number of hydrogen-bond donors (Lipinski definition) is 0. The molecule has 3 fully saturated rings. The molecule has 3 heterocycles. The maximum atomic E-state index is 12.6. The third-order valence-electron chi connectivity index (χ3n) is 5.88. The zero-order valence-corrected chi connectivity index (χ0v) is 14.8. The molecule has 0 spiro atoms. The molecule has 134 valence electrons. The minimum Gasteiger partial charge on any atom is -0.484 e. The van der Waals surface area contributed by atoms with Crippen LogP contribution in [-0.2, 0) is 9.59 Å². The molecule has 1 aromatic rings. The van der Waals surface area contributed by atoms with Crippen molar-refractivity contribution in [2.75, 3.05) is 26.2 Å². The highest BCUT2D eigenvalue weighted by atomic mass is 16.5. The average molecular weight is 342 g/mol. The van der Waals surface area contributed by atoms with Crippen LogP contribution in [0.3, 0.4) is 0 Å². The Morgan fingerprint density at radius 3 is 3.00 bits per heavy atom. The van der Waals surface area contributed by atoms with Crippen molar-refractivity contribution in [2.45, 2.75) is 38.6 Å². The van der Waals surface area contributed by atoms with Gasteiger partial charge in [-0.3, -0.25) is 9.59 Å². The van der Waals surface area contributed by atoms with Crippen molar-refractivity contribution in [3.05, 3.63) is 29.8 Å². The summed E-state index contributed by atoms with van der Waals surface area (Å²) in [6, 6.07) is 8.12. The number of piperidine rings is 3. The van der Waals surface area contributed by atoms with Crippen LogP contribution in [0.2, 0.25) is 0 Å². The molecule has 1 aromatic carbocycles. The predicted octanol–water partition coefficient (Wildman–Crippen LogP) is 2.23. The largest absolute Gasteiger partial charge is 0.484 e. The van der Waals surface area contributed by atoms with Crippen molar-refractivity contribution in [3.63, 3.8) is 0 Å². The van der Waals surface area contributed by atoms with E-state index in [4.69, 9.17) is 4.74 Å². The van der Waals surface area contributed by atoms with Crippen molar-refractivity contribution >= 4 is 11.8 Å². The Morgan fingerprint density at radius 1 is 1.28 bits per heavy atom. The quantitative estimate of drug-likeness (QED) is 0.846. The van der Waals surface area contributed by atoms with Crippen LogP contribution in [0.25, 0.3) is 0 Å². The molecule has 5 heteroatoms. The summed E-state index contributed by atoms with van der Waals surface area (Å²) in [5.74, 6) is 1.97. The Hall–Kier alpha value is -2.04. The summed E-state index contributed by atoms with van der Waals surface area (Å²) in [4.78, 5) is 28.9. The van der Waals surface area contributed by atoms with Gasteiger partial charge in [0.2, 0.25) is 5.91 Å². The molecule has 0 aliphatic carbocycles. The number of amides is 2. The summed E-state index contributed by atoms with van der Waals surface area (Å²) in [5.41, 5.74) is 1.12. The summed E-state index contributed by atoms with van der Waals surface area (Å²) in [6.45, 7) is 4.44. The molecule has 2 bridgehead atoms. The zero-order chi connectivity index (χ0) is 17.4. The van der Waals surface area contributed by atoms with Gasteiger partial charge in [-0.15, -0.1) is 0 Å². The second kappa shape index (κ2) is 6.70. The topological polar surface area (TPSA) is 49.9 Å². The fraction of sp³-hybridized carbons (Fsp3) is 0.600. The van der Waals surface area contributed by atoms with E-state index in [0.29, 0.717) is 30.2 Å². The van der Waals surface area contributed by atoms with Gasteiger partial charge < -0.3 is 14.5 Å². The fourth-order valence-electron chi connectivity index (χ4n) is 4.76. The second-order valence-electron chi connectivity index (χ2n) is 7.77. The van der Waals surface area contributed by atoms with Crippen LogP contribution in [-0.4, -0.2) is 53.9 Å². The summed E-state index contributed by atoms with van der Waals surface area (Å²) < 4.78 is 5.69. The number of ether oxygens (including phenoxy) is 1. The minimum absolute atomic E-state index is 0.0618. The van der Waals surface area contributed by atoms with Crippen LogP contribution in [0, 0.1) is 18.8 Å². The lowest BCUT2D eigenvalue weighted by molar-refractivity contribution is -0.149. The lowest BCUT2D eigenvalue weighted by atomic mass is 9.76. The molecule has 0 unspecified atom stereocenters. The first kappa shape index (κ1) is 16.4. The van der Waals surface area contributed by atoms with Gasteiger partial charge in [-0.1, -0.05) is 12.1 Å². The third kappa shape index (κ3) is 3.37. The molecular weight excluding hydrogens is 316 g/mol. The first-order valence-corrected chi connectivity index (χ1v) is 9.37. The van der Waals surface area contributed by atoms with Crippen LogP contribution in [0.15, 0.2) is 24.3 Å². The van der Waals surface area contributed by atoms with Crippen molar-refractivity contribution in [1.29, 1.82) is 0 Å². The normalized spacial score (nSPS) is 28.5. The van der Waals surface area contributed by atoms with E-state index in [1.165, 1.54) is 0 Å². The average Bonchev–Trinajstić information content (AvgIpc) is 2.60. The molecular formula is C20H26N2O3. The van der Waals surface area contributed by atoms with Gasteiger partial charge in [-0.05, 0) is 55.7 Å². The lowest BCUT2D eigenvalue weighted by Crippen LogP contribution is -2.61. The summed E-state index contributed by atoms with van der Waals surface area (Å²) in [7, 11) is 0. The van der Waals surface area contributed by atoms with Crippen LogP contribution in [0.5, 0.6) is 5.75 Å². The molecule has 4 rings (SSSR count). The van der Waals surface area contributed by atoms with Crippen LogP contribution < -0.4 is 4.74 Å². The highest BCUT2D eigenvalue weighted by Crippen LogP contribution is 2.37. The van der Waals surface area contributed by atoms with Crippen molar-refractivity contribution in [2.24, 2.45) is 11.8 Å². The van der Waals surface area contributed by atoms with E-state index in [1.54, 1.807) is 0 Å². The molecule has 0 saturated carbocycles. The maximum Gasteiger partial charge on any atom is 0.260 e. The van der Waals surface area contributed by atoms with E-state index in [-0.39, 0.29) is 12.5 Å². The Labute approximate surface area is 148 Å². The van der Waals surface area contributed by atoms with E-state index in [9.17, 15) is 9.59 Å². The molecule has 25 heavy (non-hydrogen) atoms. The van der Waals surface area contributed by atoms with Gasteiger partial charge >= 0.3 is 0 Å². The predicted molar refractivity (Wildman–Crippen MR) is 94.2 cm³/mol. The van der Waals surface area contributed by atoms with Crippen LogP contribution in [0.4, 0.5) is 0 Å². The number of likely N-dealkylation sites (tertiary alicyclic amines) is 1. The third-order valence-corrected chi connectivity index (χ3v) is 5.88. The van der Waals surface area contributed by atoms with Gasteiger partial charge in [0.25, 0.3) is 5.91 Å². The molecule has 5 nitrogen and oxygen atoms in total. The lowest BCUT2D eigenvalue weighted by Gasteiger charge is -2.52. The smallest absolute Gasteiger partial charge is 0.260 e. The van der Waals surface area contributed by atoms with E-state index in [1.807, 2.05) is 36.1 Å². The fourth-order valence-corrected chi connectivity index (χ4v) is 4.76. The SMILES string of the molecule is Cc1cccc(OCC(=O)N2C[C@H]3C[C@H](C2)[C@H]2CCCC(=O)N2C3)c1. The number of carbonyl (C=O) groups is 2.